The summed E-state index contributed by atoms with van der Waals surface area (Å²) < 4.78 is 28.3. The zero-order chi connectivity index (χ0) is 12.7. The third-order valence-corrected chi connectivity index (χ3v) is 2.08. The van der Waals surface area contributed by atoms with E-state index in [1.165, 1.54) is 6.07 Å². The van der Waals surface area contributed by atoms with Crippen LogP contribution >= 0.6 is 0 Å². The van der Waals surface area contributed by atoms with Gasteiger partial charge in [-0.15, -0.1) is 0 Å². The van der Waals surface area contributed by atoms with Gasteiger partial charge in [0, 0.05) is 18.2 Å². The van der Waals surface area contributed by atoms with Crippen molar-refractivity contribution in [2.45, 2.75) is 32.6 Å². The number of alkyl halides is 2. The number of aromatic nitrogens is 2. The summed E-state index contributed by atoms with van der Waals surface area (Å²) in [4.78, 5) is 18.0. The smallest absolute Gasteiger partial charge is 0.261 e. The van der Waals surface area contributed by atoms with E-state index in [9.17, 15) is 13.6 Å². The van der Waals surface area contributed by atoms with Gasteiger partial charge in [-0.3, -0.25) is 4.79 Å². The Morgan fingerprint density at radius 3 is 2.88 bits per heavy atom. The van der Waals surface area contributed by atoms with E-state index in [0.717, 1.165) is 18.5 Å². The van der Waals surface area contributed by atoms with Crippen LogP contribution in [0.3, 0.4) is 0 Å². The highest BCUT2D eigenvalue weighted by Gasteiger charge is 2.04. The molecule has 0 aromatic carbocycles. The summed E-state index contributed by atoms with van der Waals surface area (Å²) in [6, 6.07) is 1.45. The monoisotopic (exact) mass is 246 g/mol. The van der Waals surface area contributed by atoms with Crippen LogP contribution in [0.4, 0.5) is 8.78 Å². The number of halogens is 2. The summed E-state index contributed by atoms with van der Waals surface area (Å²) in [5.41, 5.74) is 0.507. The minimum atomic E-state index is -2.46. The highest BCUT2D eigenvalue weighted by molar-refractivity contribution is 5.03. The summed E-state index contributed by atoms with van der Waals surface area (Å²) in [6.45, 7) is 1.54. The number of nitrogens with one attached hydrogen (secondary N) is 1. The van der Waals surface area contributed by atoms with E-state index in [2.05, 4.69) is 9.97 Å². The average Bonchev–Trinajstić information content (AvgIpc) is 2.24. The predicted molar refractivity (Wildman–Crippen MR) is 59.4 cm³/mol. The van der Waals surface area contributed by atoms with E-state index in [4.69, 9.17) is 4.74 Å². The number of hydrogen-bond acceptors (Lipinski definition) is 3. The highest BCUT2D eigenvalue weighted by atomic mass is 19.3. The molecular formula is C11H16F2N2O2. The Hall–Kier alpha value is -1.30. The summed E-state index contributed by atoms with van der Waals surface area (Å²) in [7, 11) is 0. The Morgan fingerprint density at radius 2 is 2.24 bits per heavy atom. The molecule has 17 heavy (non-hydrogen) atoms. The van der Waals surface area contributed by atoms with Crippen LogP contribution in [0.2, 0.25) is 0 Å². The molecule has 0 spiro atoms. The molecule has 0 aliphatic carbocycles. The molecule has 0 atom stereocenters. The standard InChI is InChI=1S/C11H16F2N2O2/c1-2-3-8-6-11(16)15-10(14-8)4-5-17-7-9(12)13/h6,9H,2-5,7H2,1H3,(H,14,15,16). The third kappa shape index (κ3) is 5.53. The SMILES string of the molecule is CCCc1cc(=O)[nH]c(CCOCC(F)F)n1. The lowest BCUT2D eigenvalue weighted by molar-refractivity contribution is 0.0182. The summed E-state index contributed by atoms with van der Waals surface area (Å²) in [5, 5.41) is 0. The minimum absolute atomic E-state index is 0.128. The van der Waals surface area contributed by atoms with Crippen molar-refractivity contribution in [3.63, 3.8) is 0 Å². The van der Waals surface area contributed by atoms with Gasteiger partial charge in [-0.2, -0.15) is 0 Å². The fraction of sp³-hybridized carbons (Fsp3) is 0.636. The first-order valence-electron chi connectivity index (χ1n) is 5.56. The van der Waals surface area contributed by atoms with Crippen LogP contribution in [0.5, 0.6) is 0 Å². The van der Waals surface area contributed by atoms with E-state index in [1.807, 2.05) is 6.92 Å². The van der Waals surface area contributed by atoms with Crippen molar-refractivity contribution in [3.05, 3.63) is 27.9 Å². The molecular weight excluding hydrogens is 230 g/mol. The van der Waals surface area contributed by atoms with Gasteiger partial charge in [0.2, 0.25) is 0 Å². The van der Waals surface area contributed by atoms with E-state index >= 15 is 0 Å². The maximum absolute atomic E-state index is 11.8. The zero-order valence-electron chi connectivity index (χ0n) is 9.71. The fourth-order valence-electron chi connectivity index (χ4n) is 1.41. The number of hydrogen-bond donors (Lipinski definition) is 1. The van der Waals surface area contributed by atoms with Crippen LogP contribution in [0.15, 0.2) is 10.9 Å². The predicted octanol–water partition coefficient (Wildman–Crippen LogP) is 1.55. The van der Waals surface area contributed by atoms with Crippen molar-refractivity contribution in [2.75, 3.05) is 13.2 Å². The molecule has 1 heterocycles. The second kappa shape index (κ2) is 7.11. The molecule has 6 heteroatoms. The number of ether oxygens (including phenoxy) is 1. The van der Waals surface area contributed by atoms with Crippen molar-refractivity contribution in [1.82, 2.24) is 9.97 Å². The lowest BCUT2D eigenvalue weighted by Gasteiger charge is -2.04. The second-order valence-electron chi connectivity index (χ2n) is 3.65. The first kappa shape index (κ1) is 13.8. The molecule has 0 radical (unpaired) electrons. The molecule has 1 rings (SSSR count). The lowest BCUT2D eigenvalue weighted by Crippen LogP contribution is -2.15. The minimum Gasteiger partial charge on any atom is -0.375 e. The molecule has 0 amide bonds. The Balaban J connectivity index is 2.50. The number of rotatable bonds is 7. The van der Waals surface area contributed by atoms with Gasteiger partial charge in [0.1, 0.15) is 12.4 Å². The molecule has 0 bridgehead atoms. The van der Waals surface area contributed by atoms with E-state index in [-0.39, 0.29) is 12.2 Å². The molecule has 1 N–H and O–H groups in total. The van der Waals surface area contributed by atoms with Crippen LogP contribution in [-0.2, 0) is 17.6 Å². The molecule has 0 fully saturated rings. The highest BCUT2D eigenvalue weighted by Crippen LogP contribution is 1.98. The van der Waals surface area contributed by atoms with Gasteiger partial charge in [0.05, 0.1) is 6.61 Å². The Labute approximate surface area is 98.0 Å². The van der Waals surface area contributed by atoms with Gasteiger partial charge in [-0.25, -0.2) is 13.8 Å². The fourth-order valence-corrected chi connectivity index (χ4v) is 1.41. The quantitative estimate of drug-likeness (QED) is 0.742. The maximum Gasteiger partial charge on any atom is 0.261 e. The van der Waals surface area contributed by atoms with E-state index in [0.29, 0.717) is 12.2 Å². The molecule has 96 valence electrons. The van der Waals surface area contributed by atoms with Crippen molar-refractivity contribution in [1.29, 1.82) is 0 Å². The van der Waals surface area contributed by atoms with Gasteiger partial charge < -0.3 is 9.72 Å². The normalized spacial score (nSPS) is 11.1. The van der Waals surface area contributed by atoms with Crippen LogP contribution in [0, 0.1) is 0 Å². The maximum atomic E-state index is 11.8. The van der Waals surface area contributed by atoms with Gasteiger partial charge in [-0.1, -0.05) is 13.3 Å². The van der Waals surface area contributed by atoms with Crippen molar-refractivity contribution >= 4 is 0 Å². The van der Waals surface area contributed by atoms with E-state index < -0.39 is 13.0 Å². The second-order valence-corrected chi connectivity index (χ2v) is 3.65. The number of nitrogens with zero attached hydrogens (tertiary/aromatic N) is 1. The van der Waals surface area contributed by atoms with Gasteiger partial charge >= 0.3 is 0 Å². The Bertz CT molecular complexity index is 393. The van der Waals surface area contributed by atoms with Gasteiger partial charge in [-0.05, 0) is 6.42 Å². The van der Waals surface area contributed by atoms with Crippen molar-refractivity contribution in [2.24, 2.45) is 0 Å². The van der Waals surface area contributed by atoms with Gasteiger partial charge in [0.15, 0.2) is 0 Å². The molecule has 0 unspecified atom stereocenters. The number of H-pyrrole nitrogens is 1. The first-order valence-corrected chi connectivity index (χ1v) is 5.56. The molecule has 0 aliphatic rings. The molecule has 0 aliphatic heterocycles. The number of aryl methyl sites for hydroxylation is 1. The Kier molecular flexibility index (Phi) is 5.76. The molecule has 0 saturated heterocycles. The van der Waals surface area contributed by atoms with E-state index in [1.54, 1.807) is 0 Å². The van der Waals surface area contributed by atoms with Crippen molar-refractivity contribution in [3.8, 4) is 0 Å². The molecule has 1 aromatic rings. The Morgan fingerprint density at radius 1 is 1.47 bits per heavy atom. The first-order chi connectivity index (χ1) is 8.11. The third-order valence-electron chi connectivity index (χ3n) is 2.08. The summed E-state index contributed by atoms with van der Waals surface area (Å²) in [5.74, 6) is 0.482. The van der Waals surface area contributed by atoms with Crippen LogP contribution in [0.25, 0.3) is 0 Å². The molecule has 0 saturated carbocycles. The summed E-state index contributed by atoms with van der Waals surface area (Å²) >= 11 is 0. The zero-order valence-corrected chi connectivity index (χ0v) is 9.71. The molecule has 1 aromatic heterocycles. The average molecular weight is 246 g/mol. The van der Waals surface area contributed by atoms with Crippen LogP contribution < -0.4 is 5.56 Å². The van der Waals surface area contributed by atoms with Crippen LogP contribution in [0.1, 0.15) is 24.9 Å². The summed E-state index contributed by atoms with van der Waals surface area (Å²) in [6.07, 6.45) is -0.500. The van der Waals surface area contributed by atoms with Gasteiger partial charge in [0.25, 0.3) is 12.0 Å². The molecule has 4 nitrogen and oxygen atoms in total. The number of aromatic amines is 1. The van der Waals surface area contributed by atoms with Crippen LogP contribution in [-0.4, -0.2) is 29.6 Å². The lowest BCUT2D eigenvalue weighted by atomic mass is 10.2. The largest absolute Gasteiger partial charge is 0.375 e. The van der Waals surface area contributed by atoms with Crippen molar-refractivity contribution < 1.29 is 13.5 Å². The topological polar surface area (TPSA) is 55.0 Å².